The number of nitrogens with one attached hydrogen (secondary N) is 4. The van der Waals surface area contributed by atoms with Crippen LogP contribution in [0.1, 0.15) is 5.56 Å². The molecule has 2 amide bonds. The molecule has 1 fully saturated rings. The standard InChI is InChI=1S/C19H19F3N6O/c20-19(21,22)12-1-3-13(4-2-12)25-18(29)26-15-11-24-14-5-6-16(27-17(14)15)28-9-7-23-8-10-28/h1-6,11,23-24H,7-10H2,(H2,25,26,29). The first-order valence-electron chi connectivity index (χ1n) is 9.09. The molecule has 3 heterocycles. The van der Waals surface area contributed by atoms with Crippen molar-refractivity contribution in [2.45, 2.75) is 6.18 Å². The van der Waals surface area contributed by atoms with Gasteiger partial charge in [0.2, 0.25) is 0 Å². The second-order valence-corrected chi connectivity index (χ2v) is 6.66. The van der Waals surface area contributed by atoms with Gasteiger partial charge in [-0.3, -0.25) is 0 Å². The molecule has 0 atom stereocenters. The van der Waals surface area contributed by atoms with Gasteiger partial charge in [-0.2, -0.15) is 13.2 Å². The van der Waals surface area contributed by atoms with Gasteiger partial charge in [-0.15, -0.1) is 0 Å². The Labute approximate surface area is 164 Å². The van der Waals surface area contributed by atoms with E-state index in [4.69, 9.17) is 0 Å². The van der Waals surface area contributed by atoms with Crippen molar-refractivity contribution < 1.29 is 18.0 Å². The molecule has 1 aromatic carbocycles. The number of anilines is 3. The number of benzene rings is 1. The summed E-state index contributed by atoms with van der Waals surface area (Å²) in [5.74, 6) is 0.824. The highest BCUT2D eigenvalue weighted by molar-refractivity contribution is 6.05. The zero-order valence-corrected chi connectivity index (χ0v) is 15.3. The molecule has 152 valence electrons. The first kappa shape index (κ1) is 19.1. The van der Waals surface area contributed by atoms with E-state index in [0.29, 0.717) is 11.2 Å². The Balaban J connectivity index is 1.47. The lowest BCUT2D eigenvalue weighted by Gasteiger charge is -2.28. The number of H-pyrrole nitrogens is 1. The number of amides is 2. The molecule has 1 aliphatic rings. The Morgan fingerprint density at radius 3 is 2.45 bits per heavy atom. The zero-order chi connectivity index (χ0) is 20.4. The molecule has 0 unspecified atom stereocenters. The fourth-order valence-corrected chi connectivity index (χ4v) is 3.18. The maximum absolute atomic E-state index is 12.6. The molecule has 7 nitrogen and oxygen atoms in total. The third-order valence-corrected chi connectivity index (χ3v) is 4.67. The van der Waals surface area contributed by atoms with Gasteiger partial charge in [-0.25, -0.2) is 9.78 Å². The van der Waals surface area contributed by atoms with Gasteiger partial charge in [0.05, 0.1) is 16.8 Å². The van der Waals surface area contributed by atoms with E-state index in [1.807, 2.05) is 12.1 Å². The molecular weight excluding hydrogens is 385 g/mol. The number of hydrogen-bond acceptors (Lipinski definition) is 4. The number of rotatable bonds is 3. The first-order chi connectivity index (χ1) is 13.9. The van der Waals surface area contributed by atoms with Gasteiger partial charge >= 0.3 is 12.2 Å². The number of nitrogens with zero attached hydrogens (tertiary/aromatic N) is 2. The van der Waals surface area contributed by atoms with Gasteiger partial charge in [0, 0.05) is 38.1 Å². The maximum Gasteiger partial charge on any atom is 0.416 e. The number of hydrogen-bond donors (Lipinski definition) is 4. The SMILES string of the molecule is O=C(Nc1ccc(C(F)(F)F)cc1)Nc1c[nH]c2ccc(N3CCNCC3)nc12. The van der Waals surface area contributed by atoms with Gasteiger partial charge < -0.3 is 25.8 Å². The molecule has 4 N–H and O–H groups in total. The van der Waals surface area contributed by atoms with E-state index in [1.54, 1.807) is 6.20 Å². The molecule has 1 aliphatic heterocycles. The van der Waals surface area contributed by atoms with Crippen molar-refractivity contribution in [3.05, 3.63) is 48.2 Å². The van der Waals surface area contributed by atoms with Crippen molar-refractivity contribution in [2.24, 2.45) is 0 Å². The number of aromatic amines is 1. The number of alkyl halides is 3. The Bertz CT molecular complexity index is 1010. The number of carbonyl (C=O) groups excluding carboxylic acids is 1. The van der Waals surface area contributed by atoms with Crippen LogP contribution in [0.4, 0.5) is 35.2 Å². The number of pyridine rings is 1. The number of halogens is 3. The molecule has 3 aromatic rings. The highest BCUT2D eigenvalue weighted by atomic mass is 19.4. The molecule has 0 spiro atoms. The van der Waals surface area contributed by atoms with Crippen molar-refractivity contribution in [1.29, 1.82) is 0 Å². The van der Waals surface area contributed by atoms with Crippen LogP contribution in [0.25, 0.3) is 11.0 Å². The van der Waals surface area contributed by atoms with E-state index in [2.05, 4.69) is 30.8 Å². The predicted octanol–water partition coefficient (Wildman–Crippen LogP) is 3.64. The molecule has 10 heteroatoms. The normalized spacial score (nSPS) is 14.8. The molecule has 29 heavy (non-hydrogen) atoms. The summed E-state index contributed by atoms with van der Waals surface area (Å²) >= 11 is 0. The van der Waals surface area contributed by atoms with Gasteiger partial charge in [-0.05, 0) is 36.4 Å². The van der Waals surface area contributed by atoms with Crippen LogP contribution in [-0.4, -0.2) is 42.2 Å². The molecule has 0 saturated carbocycles. The summed E-state index contributed by atoms with van der Waals surface area (Å²) in [7, 11) is 0. The van der Waals surface area contributed by atoms with Crippen molar-refractivity contribution in [2.75, 3.05) is 41.7 Å². The van der Waals surface area contributed by atoms with E-state index in [9.17, 15) is 18.0 Å². The molecule has 1 saturated heterocycles. The average Bonchev–Trinajstić information content (AvgIpc) is 3.10. The zero-order valence-electron chi connectivity index (χ0n) is 15.3. The van der Waals surface area contributed by atoms with Crippen molar-refractivity contribution in [3.63, 3.8) is 0 Å². The summed E-state index contributed by atoms with van der Waals surface area (Å²) < 4.78 is 37.9. The van der Waals surface area contributed by atoms with Gasteiger partial charge in [0.25, 0.3) is 0 Å². The molecule has 4 rings (SSSR count). The quantitative estimate of drug-likeness (QED) is 0.537. The van der Waals surface area contributed by atoms with Gasteiger partial charge in [0.1, 0.15) is 11.3 Å². The van der Waals surface area contributed by atoms with E-state index in [1.165, 1.54) is 12.1 Å². The van der Waals surface area contributed by atoms with Crippen LogP contribution in [0, 0.1) is 0 Å². The van der Waals surface area contributed by atoms with Crippen molar-refractivity contribution in [1.82, 2.24) is 15.3 Å². The number of carbonyl (C=O) groups is 1. The van der Waals surface area contributed by atoms with Crippen LogP contribution in [0.3, 0.4) is 0 Å². The smallest absolute Gasteiger partial charge is 0.358 e. The van der Waals surface area contributed by atoms with Crippen LogP contribution in [-0.2, 0) is 6.18 Å². The largest absolute Gasteiger partial charge is 0.416 e. The van der Waals surface area contributed by atoms with E-state index < -0.39 is 17.8 Å². The predicted molar refractivity (Wildman–Crippen MR) is 105 cm³/mol. The Morgan fingerprint density at radius 1 is 1.03 bits per heavy atom. The number of aromatic nitrogens is 2. The van der Waals surface area contributed by atoms with Crippen LogP contribution < -0.4 is 20.9 Å². The third kappa shape index (κ3) is 4.27. The number of piperazine rings is 1. The average molecular weight is 404 g/mol. The molecule has 0 radical (unpaired) electrons. The molecular formula is C19H19F3N6O. The van der Waals surface area contributed by atoms with Crippen LogP contribution in [0.2, 0.25) is 0 Å². The van der Waals surface area contributed by atoms with Crippen molar-refractivity contribution in [3.8, 4) is 0 Å². The second-order valence-electron chi connectivity index (χ2n) is 6.66. The Hall–Kier alpha value is -3.27. The fourth-order valence-electron chi connectivity index (χ4n) is 3.18. The van der Waals surface area contributed by atoms with Crippen LogP contribution >= 0.6 is 0 Å². The molecule has 0 bridgehead atoms. The summed E-state index contributed by atoms with van der Waals surface area (Å²) in [6.45, 7) is 3.46. The van der Waals surface area contributed by atoms with Crippen molar-refractivity contribution >= 4 is 34.3 Å². The Kier molecular flexibility index (Phi) is 5.01. The lowest BCUT2D eigenvalue weighted by atomic mass is 10.2. The monoisotopic (exact) mass is 404 g/mol. The summed E-state index contributed by atoms with van der Waals surface area (Å²) in [4.78, 5) is 22.2. The second kappa shape index (κ2) is 7.63. The van der Waals surface area contributed by atoms with E-state index >= 15 is 0 Å². The lowest BCUT2D eigenvalue weighted by Crippen LogP contribution is -2.43. The summed E-state index contributed by atoms with van der Waals surface area (Å²) in [6, 6.07) is 7.51. The minimum absolute atomic E-state index is 0.254. The topological polar surface area (TPSA) is 85.1 Å². The Morgan fingerprint density at radius 2 is 1.76 bits per heavy atom. The van der Waals surface area contributed by atoms with Gasteiger partial charge in [-0.1, -0.05) is 0 Å². The highest BCUT2D eigenvalue weighted by Crippen LogP contribution is 2.30. The minimum Gasteiger partial charge on any atom is -0.358 e. The van der Waals surface area contributed by atoms with Crippen LogP contribution in [0.15, 0.2) is 42.6 Å². The molecule has 0 aliphatic carbocycles. The fraction of sp³-hybridized carbons (Fsp3) is 0.263. The lowest BCUT2D eigenvalue weighted by molar-refractivity contribution is -0.137. The summed E-state index contributed by atoms with van der Waals surface area (Å²) in [5.41, 5.74) is 1.35. The number of urea groups is 1. The van der Waals surface area contributed by atoms with Gasteiger partial charge in [0.15, 0.2) is 0 Å². The summed E-state index contributed by atoms with van der Waals surface area (Å²) in [6.07, 6.45) is -2.79. The molecule has 2 aromatic heterocycles. The summed E-state index contributed by atoms with van der Waals surface area (Å²) in [5, 5.41) is 8.50. The number of fused-ring (bicyclic) bond motifs is 1. The van der Waals surface area contributed by atoms with Crippen LogP contribution in [0.5, 0.6) is 0 Å². The minimum atomic E-state index is -4.42. The first-order valence-corrected chi connectivity index (χ1v) is 9.09. The highest BCUT2D eigenvalue weighted by Gasteiger charge is 2.30. The van der Waals surface area contributed by atoms with E-state index in [-0.39, 0.29) is 5.69 Å². The maximum atomic E-state index is 12.6. The van der Waals surface area contributed by atoms with E-state index in [0.717, 1.165) is 49.6 Å². The third-order valence-electron chi connectivity index (χ3n) is 4.67.